The number of piperazine rings is 2. The van der Waals surface area contributed by atoms with E-state index >= 15 is 0 Å². The molecule has 1 atom stereocenters. The molecule has 2 aliphatic rings. The highest BCUT2D eigenvalue weighted by Crippen LogP contribution is 2.31. The Hall–Kier alpha value is -3.14. The number of sulfonamides is 1. The lowest BCUT2D eigenvalue weighted by atomic mass is 10.1. The molecule has 2 fully saturated rings. The van der Waals surface area contributed by atoms with Gasteiger partial charge >= 0.3 is 0 Å². The molecular formula is C30H34ClFN4O3S. The van der Waals surface area contributed by atoms with Gasteiger partial charge in [0.1, 0.15) is 16.8 Å². The summed E-state index contributed by atoms with van der Waals surface area (Å²) < 4.78 is 42.5. The van der Waals surface area contributed by atoms with Gasteiger partial charge in [0.2, 0.25) is 15.9 Å². The third-order valence-corrected chi connectivity index (χ3v) is 10.2. The fourth-order valence-electron chi connectivity index (χ4n) is 5.65. The fourth-order valence-corrected chi connectivity index (χ4v) is 7.58. The molecule has 0 aliphatic carbocycles. The van der Waals surface area contributed by atoms with Crippen LogP contribution in [0, 0.1) is 26.6 Å². The third-order valence-electron chi connectivity index (χ3n) is 7.85. The standard InChI is InChI=1S/C30H34ClFN4O3S/c1-21-8-9-22(2)27(18-21)33-12-14-34(15-13-33)30(37)28-20-35(40(38,39)29-7-5-4-6-25(29)31)16-17-36(28)26-11-10-24(32)19-23(26)3/h4-11,18-19,28H,12-17,20H2,1-3H3. The van der Waals surface area contributed by atoms with Gasteiger partial charge in [-0.2, -0.15) is 4.31 Å². The quantitative estimate of drug-likeness (QED) is 0.437. The molecular weight excluding hydrogens is 551 g/mol. The zero-order valence-electron chi connectivity index (χ0n) is 23.0. The maximum Gasteiger partial charge on any atom is 0.246 e. The van der Waals surface area contributed by atoms with Crippen LogP contribution in [0.25, 0.3) is 0 Å². The van der Waals surface area contributed by atoms with E-state index in [4.69, 9.17) is 11.6 Å². The summed E-state index contributed by atoms with van der Waals surface area (Å²) in [4.78, 5) is 20.2. The summed E-state index contributed by atoms with van der Waals surface area (Å²) in [5.41, 5.74) is 4.97. The molecule has 10 heteroatoms. The minimum absolute atomic E-state index is 0.0245. The maximum absolute atomic E-state index is 14.1. The zero-order chi connectivity index (χ0) is 28.6. The summed E-state index contributed by atoms with van der Waals surface area (Å²) in [6.45, 7) is 8.80. The molecule has 0 N–H and O–H groups in total. The van der Waals surface area contributed by atoms with E-state index in [-0.39, 0.29) is 41.3 Å². The third kappa shape index (κ3) is 5.55. The summed E-state index contributed by atoms with van der Waals surface area (Å²) >= 11 is 6.26. The average Bonchev–Trinajstić information content (AvgIpc) is 2.94. The molecule has 212 valence electrons. The summed E-state index contributed by atoms with van der Waals surface area (Å²) in [7, 11) is -3.93. The number of hydrogen-bond acceptors (Lipinski definition) is 5. The second-order valence-corrected chi connectivity index (χ2v) is 12.8. The van der Waals surface area contributed by atoms with E-state index in [0.717, 1.165) is 5.69 Å². The summed E-state index contributed by atoms with van der Waals surface area (Å²) in [5.74, 6) is -0.491. The fraction of sp³-hybridized carbons (Fsp3) is 0.367. The van der Waals surface area contributed by atoms with E-state index < -0.39 is 16.1 Å². The Bertz CT molecular complexity index is 1530. The number of rotatable bonds is 5. The van der Waals surface area contributed by atoms with Crippen LogP contribution in [-0.4, -0.2) is 75.4 Å². The average molecular weight is 585 g/mol. The van der Waals surface area contributed by atoms with Gasteiger partial charge in [0.15, 0.2) is 0 Å². The first-order valence-electron chi connectivity index (χ1n) is 13.4. The van der Waals surface area contributed by atoms with Crippen molar-refractivity contribution in [3.63, 3.8) is 0 Å². The Labute approximate surface area is 240 Å². The van der Waals surface area contributed by atoms with Gasteiger partial charge in [-0.15, -0.1) is 0 Å². The monoisotopic (exact) mass is 584 g/mol. The van der Waals surface area contributed by atoms with Gasteiger partial charge < -0.3 is 14.7 Å². The van der Waals surface area contributed by atoms with Crippen molar-refractivity contribution in [2.75, 3.05) is 55.6 Å². The van der Waals surface area contributed by atoms with Gasteiger partial charge in [0.25, 0.3) is 0 Å². The number of benzene rings is 3. The highest BCUT2D eigenvalue weighted by molar-refractivity contribution is 7.89. The molecule has 5 rings (SSSR count). The van der Waals surface area contributed by atoms with E-state index in [9.17, 15) is 17.6 Å². The normalized spacial score (nSPS) is 18.7. The van der Waals surface area contributed by atoms with Gasteiger partial charge in [0, 0.05) is 57.2 Å². The van der Waals surface area contributed by atoms with Crippen molar-refractivity contribution >= 4 is 38.9 Å². The Balaban J connectivity index is 1.41. The first-order chi connectivity index (χ1) is 19.1. The van der Waals surface area contributed by atoms with E-state index in [1.54, 1.807) is 31.2 Å². The van der Waals surface area contributed by atoms with Crippen molar-refractivity contribution < 1.29 is 17.6 Å². The Kier molecular flexibility index (Phi) is 8.08. The topological polar surface area (TPSA) is 64.2 Å². The summed E-state index contributed by atoms with van der Waals surface area (Å²) in [6, 6.07) is 16.4. The number of aryl methyl sites for hydroxylation is 3. The van der Waals surface area contributed by atoms with Crippen LogP contribution in [0.1, 0.15) is 16.7 Å². The van der Waals surface area contributed by atoms with Crippen LogP contribution in [0.2, 0.25) is 5.02 Å². The Morgan fingerprint density at radius 1 is 0.850 bits per heavy atom. The van der Waals surface area contributed by atoms with Crippen molar-refractivity contribution in [1.82, 2.24) is 9.21 Å². The lowest BCUT2D eigenvalue weighted by Gasteiger charge is -2.45. The molecule has 0 spiro atoms. The molecule has 3 aromatic rings. The van der Waals surface area contributed by atoms with Gasteiger partial charge in [-0.25, -0.2) is 12.8 Å². The predicted octanol–water partition coefficient (Wildman–Crippen LogP) is 4.63. The van der Waals surface area contributed by atoms with Crippen LogP contribution < -0.4 is 9.80 Å². The number of halogens is 2. The predicted molar refractivity (Wildman–Crippen MR) is 157 cm³/mol. The van der Waals surface area contributed by atoms with Crippen LogP contribution in [0.5, 0.6) is 0 Å². The Morgan fingerprint density at radius 3 is 2.27 bits per heavy atom. The smallest absolute Gasteiger partial charge is 0.246 e. The summed E-state index contributed by atoms with van der Waals surface area (Å²) in [6.07, 6.45) is 0. The highest BCUT2D eigenvalue weighted by Gasteiger charge is 2.41. The molecule has 7 nitrogen and oxygen atoms in total. The van der Waals surface area contributed by atoms with Crippen LogP contribution >= 0.6 is 11.6 Å². The minimum Gasteiger partial charge on any atom is -0.368 e. The molecule has 0 aromatic heterocycles. The van der Waals surface area contributed by atoms with Gasteiger partial charge in [-0.1, -0.05) is 35.9 Å². The first-order valence-corrected chi connectivity index (χ1v) is 15.3. The molecule has 0 radical (unpaired) electrons. The molecule has 1 unspecified atom stereocenters. The van der Waals surface area contributed by atoms with Crippen molar-refractivity contribution in [2.45, 2.75) is 31.7 Å². The minimum atomic E-state index is -3.93. The molecule has 2 aliphatic heterocycles. The lowest BCUT2D eigenvalue weighted by Crippen LogP contribution is -2.62. The van der Waals surface area contributed by atoms with Crippen molar-refractivity contribution in [1.29, 1.82) is 0 Å². The SMILES string of the molecule is Cc1ccc(C)c(N2CCN(C(=O)C3CN(S(=O)(=O)c4ccccc4Cl)CCN3c3ccc(F)cc3C)CC2)c1. The number of anilines is 2. The number of hydrogen-bond donors (Lipinski definition) is 0. The second-order valence-electron chi connectivity index (χ2n) is 10.5. The van der Waals surface area contributed by atoms with Crippen LogP contribution in [0.4, 0.5) is 15.8 Å². The number of carbonyl (C=O) groups is 1. The molecule has 1 amide bonds. The number of amides is 1. The van der Waals surface area contributed by atoms with E-state index in [0.29, 0.717) is 31.7 Å². The van der Waals surface area contributed by atoms with Crippen LogP contribution in [0.15, 0.2) is 65.6 Å². The van der Waals surface area contributed by atoms with Crippen molar-refractivity contribution in [2.24, 2.45) is 0 Å². The van der Waals surface area contributed by atoms with E-state index in [2.05, 4.69) is 36.9 Å². The second kappa shape index (κ2) is 11.4. The molecule has 2 saturated heterocycles. The van der Waals surface area contributed by atoms with E-state index in [1.165, 1.54) is 39.3 Å². The van der Waals surface area contributed by atoms with E-state index in [1.807, 2.05) is 9.80 Å². The van der Waals surface area contributed by atoms with Gasteiger partial charge in [0.05, 0.1) is 5.02 Å². The van der Waals surface area contributed by atoms with Crippen molar-refractivity contribution in [3.05, 3.63) is 88.2 Å². The molecule has 0 saturated carbocycles. The molecule has 0 bridgehead atoms. The Morgan fingerprint density at radius 2 is 1.57 bits per heavy atom. The lowest BCUT2D eigenvalue weighted by molar-refractivity contribution is -0.133. The molecule has 40 heavy (non-hydrogen) atoms. The van der Waals surface area contributed by atoms with Crippen LogP contribution in [0.3, 0.4) is 0 Å². The maximum atomic E-state index is 14.1. The first kappa shape index (κ1) is 28.4. The van der Waals surface area contributed by atoms with Gasteiger partial charge in [-0.3, -0.25) is 4.79 Å². The zero-order valence-corrected chi connectivity index (χ0v) is 24.6. The summed E-state index contributed by atoms with van der Waals surface area (Å²) in [5, 5.41) is 0.143. The molecule has 3 aromatic carbocycles. The van der Waals surface area contributed by atoms with Gasteiger partial charge in [-0.05, 0) is 73.9 Å². The number of carbonyl (C=O) groups excluding carboxylic acids is 1. The largest absolute Gasteiger partial charge is 0.368 e. The van der Waals surface area contributed by atoms with Crippen LogP contribution in [-0.2, 0) is 14.8 Å². The van der Waals surface area contributed by atoms with Crippen molar-refractivity contribution in [3.8, 4) is 0 Å². The highest BCUT2D eigenvalue weighted by atomic mass is 35.5. The number of nitrogens with zero attached hydrogens (tertiary/aromatic N) is 4. The molecule has 2 heterocycles.